The highest BCUT2D eigenvalue weighted by atomic mass is 31.3. The van der Waals surface area contributed by atoms with Crippen LogP contribution in [-0.2, 0) is 45.0 Å². The molecule has 0 aliphatic carbocycles. The van der Waals surface area contributed by atoms with Crippen LogP contribution in [0.3, 0.4) is 0 Å². The maximum atomic E-state index is 12.0. The third-order valence-corrected chi connectivity index (χ3v) is 10.0. The van der Waals surface area contributed by atoms with Crippen molar-refractivity contribution in [3.05, 3.63) is 33.1 Å². The number of rotatable bonds is 14. The van der Waals surface area contributed by atoms with Crippen LogP contribution in [-0.4, -0.2) is 93.8 Å². The van der Waals surface area contributed by atoms with Gasteiger partial charge in [0.1, 0.15) is 24.4 Å². The number of phosphoric ester groups is 2. The monoisotopic (exact) mass is 638 g/mol. The standard InChI is InChI=1S/C12H22N2O20P4/c15-3-6(16)4-29-35(21,22)32-37(25,26)34-38(27,28)33-36(23,24)30-5-7-9(18)10(19)11(31-7)14-2-1-8(17)13-12(14)20/h1-2,6-7,9-11,15-16,18-19H,3-5H2,(H,21,22)(H,23,24)(H,25,26)(H,27,28)(H,13,17,20)/t6?,7-,9-,10-,11-/m1/s1. The minimum atomic E-state index is -6.11. The van der Waals surface area contributed by atoms with E-state index in [-0.39, 0.29) is 0 Å². The van der Waals surface area contributed by atoms with Gasteiger partial charge in [-0.3, -0.25) is 23.4 Å². The molecule has 1 fully saturated rings. The fraction of sp³-hybridized carbons (Fsp3) is 0.667. The van der Waals surface area contributed by atoms with Gasteiger partial charge in [-0.15, -0.1) is 0 Å². The van der Waals surface area contributed by atoms with E-state index in [0.717, 1.165) is 12.3 Å². The highest BCUT2D eigenvalue weighted by Gasteiger charge is 2.48. The van der Waals surface area contributed by atoms with E-state index in [9.17, 15) is 57.6 Å². The zero-order valence-electron chi connectivity index (χ0n) is 18.4. The lowest BCUT2D eigenvalue weighted by Gasteiger charge is -2.21. The smallest absolute Gasteiger partial charge is 0.394 e. The molecule has 9 atom stereocenters. The predicted molar refractivity (Wildman–Crippen MR) is 115 cm³/mol. The Bertz CT molecular complexity index is 1280. The number of aromatic nitrogens is 2. The topological polar surface area (TPSA) is 340 Å². The molecule has 2 rings (SSSR count). The zero-order chi connectivity index (χ0) is 29.1. The van der Waals surface area contributed by atoms with Gasteiger partial charge in [-0.1, -0.05) is 0 Å². The molecule has 0 bridgehead atoms. The number of nitrogens with zero attached hydrogens (tertiary/aromatic N) is 1. The number of aliphatic hydroxyl groups excluding tert-OH is 4. The maximum absolute atomic E-state index is 12.0. The van der Waals surface area contributed by atoms with Crippen LogP contribution in [0.1, 0.15) is 6.23 Å². The molecule has 0 spiro atoms. The molecule has 1 aromatic heterocycles. The number of H-pyrrole nitrogens is 1. The summed E-state index contributed by atoms with van der Waals surface area (Å²) in [6, 6.07) is 0.881. The van der Waals surface area contributed by atoms with E-state index in [0.29, 0.717) is 4.57 Å². The van der Waals surface area contributed by atoms with Crippen LogP contribution in [0.2, 0.25) is 0 Å². The molecule has 0 radical (unpaired) electrons. The number of ether oxygens (including phenoxy) is 1. The second-order valence-corrected chi connectivity index (χ2v) is 13.3. The second kappa shape index (κ2) is 12.7. The largest absolute Gasteiger partial charge is 0.490 e. The highest BCUT2D eigenvalue weighted by Crippen LogP contribution is 2.71. The number of phosphoric acid groups is 4. The molecule has 22 nitrogen and oxygen atoms in total. The van der Waals surface area contributed by atoms with Gasteiger partial charge in [0.25, 0.3) is 5.56 Å². The van der Waals surface area contributed by atoms with E-state index in [2.05, 4.69) is 22.0 Å². The van der Waals surface area contributed by atoms with Crippen molar-refractivity contribution < 1.29 is 85.0 Å². The first-order valence-electron chi connectivity index (χ1n) is 9.63. The van der Waals surface area contributed by atoms with Crippen LogP contribution in [0, 0.1) is 0 Å². The molecule has 220 valence electrons. The van der Waals surface area contributed by atoms with E-state index < -0.39 is 93.0 Å². The Morgan fingerprint density at radius 3 is 1.97 bits per heavy atom. The molecule has 1 saturated heterocycles. The summed E-state index contributed by atoms with van der Waals surface area (Å²) in [5, 5.41) is 37.7. The molecule has 0 amide bonds. The Kier molecular flexibility index (Phi) is 11.1. The molecule has 38 heavy (non-hydrogen) atoms. The Balaban J connectivity index is 1.99. The molecular formula is C12H22N2O20P4. The molecule has 1 aliphatic rings. The van der Waals surface area contributed by atoms with Gasteiger partial charge in [0.05, 0.1) is 19.8 Å². The average molecular weight is 638 g/mol. The van der Waals surface area contributed by atoms with Crippen LogP contribution in [0.15, 0.2) is 21.9 Å². The quantitative estimate of drug-likeness (QED) is 0.0916. The van der Waals surface area contributed by atoms with E-state index in [1.54, 1.807) is 0 Å². The molecular weight excluding hydrogens is 616 g/mol. The van der Waals surface area contributed by atoms with Crippen molar-refractivity contribution in [2.75, 3.05) is 19.8 Å². The van der Waals surface area contributed by atoms with Gasteiger partial charge in [-0.25, -0.2) is 23.1 Å². The number of nitrogens with one attached hydrogen (secondary N) is 1. The molecule has 0 aromatic carbocycles. The van der Waals surface area contributed by atoms with Gasteiger partial charge in [-0.2, -0.15) is 12.9 Å². The first kappa shape index (κ1) is 33.2. The van der Waals surface area contributed by atoms with Gasteiger partial charge in [-0.05, 0) is 0 Å². The van der Waals surface area contributed by atoms with Gasteiger partial charge >= 0.3 is 37.0 Å². The zero-order valence-corrected chi connectivity index (χ0v) is 22.0. The van der Waals surface area contributed by atoms with Crippen molar-refractivity contribution in [2.24, 2.45) is 0 Å². The first-order valence-corrected chi connectivity index (χ1v) is 15.6. The summed E-state index contributed by atoms with van der Waals surface area (Å²) in [6.07, 6.45) is -7.85. The van der Waals surface area contributed by atoms with Crippen LogP contribution in [0.25, 0.3) is 0 Å². The van der Waals surface area contributed by atoms with Crippen LogP contribution >= 0.6 is 31.3 Å². The third kappa shape index (κ3) is 9.90. The van der Waals surface area contributed by atoms with Crippen LogP contribution in [0.5, 0.6) is 0 Å². The van der Waals surface area contributed by atoms with E-state index in [1.165, 1.54) is 0 Å². The summed E-state index contributed by atoms with van der Waals surface area (Å²) >= 11 is 0. The Hall–Kier alpha value is -0.960. The van der Waals surface area contributed by atoms with Crippen molar-refractivity contribution >= 4 is 31.3 Å². The summed E-state index contributed by atoms with van der Waals surface area (Å²) in [5.74, 6) is 0. The Labute approximate surface area is 210 Å². The molecule has 1 aliphatic heterocycles. The summed E-state index contributed by atoms with van der Waals surface area (Å²) in [4.78, 5) is 62.6. The van der Waals surface area contributed by atoms with Crippen molar-refractivity contribution in [1.29, 1.82) is 0 Å². The summed E-state index contributed by atoms with van der Waals surface area (Å²) in [7, 11) is -23.5. The molecule has 5 unspecified atom stereocenters. The second-order valence-electron chi connectivity index (χ2n) is 7.11. The van der Waals surface area contributed by atoms with Crippen LogP contribution in [0.4, 0.5) is 0 Å². The molecule has 26 heteroatoms. The number of aliphatic hydroxyl groups is 4. The number of hydrogen-bond acceptors (Lipinski definition) is 16. The van der Waals surface area contributed by atoms with Crippen molar-refractivity contribution in [1.82, 2.24) is 9.55 Å². The van der Waals surface area contributed by atoms with E-state index in [1.807, 2.05) is 4.98 Å². The van der Waals surface area contributed by atoms with E-state index in [4.69, 9.17) is 14.9 Å². The summed E-state index contributed by atoms with van der Waals surface area (Å²) in [5.41, 5.74) is -1.84. The number of hydrogen-bond donors (Lipinski definition) is 9. The maximum Gasteiger partial charge on any atom is 0.490 e. The van der Waals surface area contributed by atoms with Crippen molar-refractivity contribution in [3.63, 3.8) is 0 Å². The van der Waals surface area contributed by atoms with Gasteiger partial charge in [0.2, 0.25) is 0 Å². The summed E-state index contributed by atoms with van der Waals surface area (Å²) < 4.78 is 72.3. The normalized spacial score (nSPS) is 29.1. The van der Waals surface area contributed by atoms with Crippen molar-refractivity contribution in [2.45, 2.75) is 30.6 Å². The highest BCUT2D eigenvalue weighted by molar-refractivity contribution is 7.69. The first-order chi connectivity index (χ1) is 17.3. The SMILES string of the molecule is O=c1ccn([C@@H]2O[C@H](COP(=O)(O)OP(=O)(O)OP(=O)(O)OP(=O)(O)OCC(O)CO)[C@@H](O)[C@H]2O)c(=O)[nH]1. The molecule has 9 N–H and O–H groups in total. The van der Waals surface area contributed by atoms with Gasteiger partial charge < -0.3 is 44.7 Å². The van der Waals surface area contributed by atoms with E-state index >= 15 is 0 Å². The summed E-state index contributed by atoms with van der Waals surface area (Å²) in [6.45, 7) is -3.22. The average Bonchev–Trinajstić information content (AvgIpc) is 3.02. The number of aromatic amines is 1. The molecule has 0 saturated carbocycles. The lowest BCUT2D eigenvalue weighted by molar-refractivity contribution is -0.0542. The molecule has 1 aromatic rings. The van der Waals surface area contributed by atoms with Gasteiger partial charge in [0, 0.05) is 12.3 Å². The molecule has 2 heterocycles. The Morgan fingerprint density at radius 2 is 1.45 bits per heavy atom. The fourth-order valence-corrected chi connectivity index (χ4v) is 7.57. The fourth-order valence-electron chi connectivity index (χ4n) is 2.59. The minimum absolute atomic E-state index is 0.660. The lowest BCUT2D eigenvalue weighted by Crippen LogP contribution is -2.37. The Morgan fingerprint density at radius 1 is 0.921 bits per heavy atom. The third-order valence-electron chi connectivity index (χ3n) is 4.12. The van der Waals surface area contributed by atoms with Gasteiger partial charge in [0.15, 0.2) is 6.23 Å². The van der Waals surface area contributed by atoms with Crippen molar-refractivity contribution in [3.8, 4) is 0 Å². The van der Waals surface area contributed by atoms with Crippen LogP contribution < -0.4 is 11.2 Å². The predicted octanol–water partition coefficient (Wildman–Crippen LogP) is -3.01. The minimum Gasteiger partial charge on any atom is -0.394 e. The lowest BCUT2D eigenvalue weighted by atomic mass is 10.1.